The van der Waals surface area contributed by atoms with E-state index < -0.39 is 0 Å². The van der Waals surface area contributed by atoms with Crippen molar-refractivity contribution in [2.45, 2.75) is 37.5 Å². The summed E-state index contributed by atoms with van der Waals surface area (Å²) >= 11 is 6.73. The van der Waals surface area contributed by atoms with E-state index in [1.165, 1.54) is 36.9 Å². The molecule has 0 aliphatic heterocycles. The lowest BCUT2D eigenvalue weighted by atomic mass is 9.37. The monoisotopic (exact) mass is 301 g/mol. The Kier molecular flexibility index (Phi) is 2.26. The summed E-state index contributed by atoms with van der Waals surface area (Å²) in [7, 11) is 3.94. The molecule has 5 unspecified atom stereocenters. The van der Waals surface area contributed by atoms with Crippen LogP contribution in [0, 0.1) is 17.3 Å². The quantitative estimate of drug-likeness (QED) is 0.611. The van der Waals surface area contributed by atoms with Gasteiger partial charge in [0.05, 0.1) is 17.6 Å². The van der Waals surface area contributed by atoms with Crippen LogP contribution in [0.4, 0.5) is 5.69 Å². The van der Waals surface area contributed by atoms with Crippen molar-refractivity contribution in [2.24, 2.45) is 22.2 Å². The maximum absolute atomic E-state index is 6.73. The molecule has 0 saturated heterocycles. The van der Waals surface area contributed by atoms with Crippen LogP contribution in [-0.2, 0) is 0 Å². The highest BCUT2D eigenvalue weighted by molar-refractivity contribution is 6.34. The Bertz CT molecular complexity index is 668. The molecule has 4 aliphatic carbocycles. The molecule has 3 saturated carbocycles. The van der Waals surface area contributed by atoms with E-state index in [0.29, 0.717) is 17.3 Å². The molecule has 1 heterocycles. The van der Waals surface area contributed by atoms with Crippen molar-refractivity contribution in [1.29, 1.82) is 0 Å². The molecule has 2 bridgehead atoms. The molecule has 0 N–H and O–H groups in total. The van der Waals surface area contributed by atoms with Crippen molar-refractivity contribution in [1.82, 2.24) is 9.88 Å². The van der Waals surface area contributed by atoms with Crippen LogP contribution in [0.2, 0.25) is 5.02 Å². The first-order valence-electron chi connectivity index (χ1n) is 8.00. The molecule has 4 aliphatic rings. The Labute approximate surface area is 130 Å². The average molecular weight is 302 g/mol. The molecule has 3 nitrogen and oxygen atoms in total. The topological polar surface area (TPSA) is 28.5 Å². The second kappa shape index (κ2) is 3.81. The van der Waals surface area contributed by atoms with Gasteiger partial charge in [0.25, 0.3) is 0 Å². The summed E-state index contributed by atoms with van der Waals surface area (Å²) in [5, 5.41) is 0.864. The van der Waals surface area contributed by atoms with Crippen LogP contribution in [-0.4, -0.2) is 30.3 Å². The summed E-state index contributed by atoms with van der Waals surface area (Å²) < 4.78 is 0. The predicted octanol–water partition coefficient (Wildman–Crippen LogP) is 3.96. The number of aromatic nitrogens is 1. The highest BCUT2D eigenvalue weighted by Gasteiger charge is 2.72. The lowest BCUT2D eigenvalue weighted by Crippen LogP contribution is -2.59. The van der Waals surface area contributed by atoms with Crippen molar-refractivity contribution in [2.75, 3.05) is 14.1 Å². The van der Waals surface area contributed by atoms with Gasteiger partial charge in [0.2, 0.25) is 0 Å². The van der Waals surface area contributed by atoms with Gasteiger partial charge in [-0.1, -0.05) is 11.6 Å². The van der Waals surface area contributed by atoms with Gasteiger partial charge in [-0.15, -0.1) is 0 Å². The molecule has 0 amide bonds. The molecule has 4 heteroatoms. The highest BCUT2D eigenvalue weighted by atomic mass is 35.5. The molecule has 1 spiro atoms. The predicted molar refractivity (Wildman–Crippen MR) is 84.4 cm³/mol. The zero-order valence-electron chi connectivity index (χ0n) is 12.5. The number of aliphatic imine (C=N–C) groups is 1. The zero-order chi connectivity index (χ0) is 14.4. The lowest BCUT2D eigenvalue weighted by molar-refractivity contribution is -0.147. The first kappa shape index (κ1) is 12.5. The number of pyridine rings is 1. The fraction of sp³-hybridized carbons (Fsp3) is 0.647. The summed E-state index contributed by atoms with van der Waals surface area (Å²) in [5.74, 6) is 3.28. The van der Waals surface area contributed by atoms with Gasteiger partial charge in [0, 0.05) is 25.7 Å². The SMILES string of the molecule is CN(C)C=Nc1cnc2c(c1Cl)C1CC3CC4CC2C34C1. The van der Waals surface area contributed by atoms with E-state index in [4.69, 9.17) is 16.6 Å². The summed E-state index contributed by atoms with van der Waals surface area (Å²) in [6, 6.07) is 0. The Balaban J connectivity index is 1.62. The Morgan fingerprint density at radius 2 is 2.14 bits per heavy atom. The second-order valence-corrected chi connectivity index (χ2v) is 8.01. The molecule has 0 aromatic carbocycles. The van der Waals surface area contributed by atoms with Crippen molar-refractivity contribution < 1.29 is 0 Å². The zero-order valence-corrected chi connectivity index (χ0v) is 13.3. The van der Waals surface area contributed by atoms with Crippen LogP contribution in [0.25, 0.3) is 0 Å². The van der Waals surface area contributed by atoms with Crippen LogP contribution in [0.15, 0.2) is 11.2 Å². The Morgan fingerprint density at radius 1 is 1.33 bits per heavy atom. The van der Waals surface area contributed by atoms with E-state index in [1.54, 1.807) is 6.34 Å². The molecule has 1 aromatic heterocycles. The molecule has 21 heavy (non-hydrogen) atoms. The van der Waals surface area contributed by atoms with Crippen LogP contribution < -0.4 is 0 Å². The Hall–Kier alpha value is -1.09. The molecular formula is C17H20ClN3. The average Bonchev–Trinajstić information content (AvgIpc) is 2.80. The minimum absolute atomic E-state index is 0.640. The summed E-state index contributed by atoms with van der Waals surface area (Å²) in [5.41, 5.74) is 4.13. The molecule has 3 fully saturated rings. The highest BCUT2D eigenvalue weighted by Crippen LogP contribution is 2.81. The second-order valence-electron chi connectivity index (χ2n) is 7.63. The van der Waals surface area contributed by atoms with E-state index in [9.17, 15) is 0 Å². The largest absolute Gasteiger partial charge is 0.369 e. The molecule has 5 rings (SSSR count). The van der Waals surface area contributed by atoms with Gasteiger partial charge < -0.3 is 4.90 Å². The number of nitrogens with zero attached hydrogens (tertiary/aromatic N) is 3. The minimum Gasteiger partial charge on any atom is -0.369 e. The smallest absolute Gasteiger partial charge is 0.102 e. The lowest BCUT2D eigenvalue weighted by Gasteiger charge is -2.67. The van der Waals surface area contributed by atoms with E-state index >= 15 is 0 Å². The molecule has 1 aromatic rings. The molecular weight excluding hydrogens is 282 g/mol. The standard InChI is InChI=1S/C17H20ClN3/c1-21(2)8-20-13-7-19-16-12-5-11-4-10-3-9(6-17(10,11)12)14(16)15(13)18/h7-12H,3-6H2,1-2H3. The number of hydrogen-bond donors (Lipinski definition) is 0. The van der Waals surface area contributed by atoms with E-state index in [-0.39, 0.29) is 0 Å². The fourth-order valence-corrected chi connectivity index (χ4v) is 6.20. The van der Waals surface area contributed by atoms with Gasteiger partial charge in [-0.25, -0.2) is 4.99 Å². The Morgan fingerprint density at radius 3 is 2.90 bits per heavy atom. The minimum atomic E-state index is 0.640. The fourth-order valence-electron chi connectivity index (χ4n) is 5.86. The first-order valence-corrected chi connectivity index (χ1v) is 8.38. The van der Waals surface area contributed by atoms with Crippen LogP contribution in [0.1, 0.15) is 48.8 Å². The number of halogens is 1. The molecule has 0 radical (unpaired) electrons. The van der Waals surface area contributed by atoms with Crippen molar-refractivity contribution in [3.63, 3.8) is 0 Å². The summed E-state index contributed by atoms with van der Waals surface area (Å²) in [6.45, 7) is 0. The third-order valence-corrected chi connectivity index (χ3v) is 7.05. The van der Waals surface area contributed by atoms with E-state index in [1.807, 2.05) is 25.2 Å². The number of rotatable bonds is 2. The number of fused-ring (bicyclic) bond motifs is 4. The van der Waals surface area contributed by atoms with Gasteiger partial charge in [-0.05, 0) is 54.4 Å². The summed E-state index contributed by atoms with van der Waals surface area (Å²) in [6.07, 6.45) is 9.19. The first-order chi connectivity index (χ1) is 10.1. The van der Waals surface area contributed by atoms with Gasteiger partial charge in [-0.3, -0.25) is 4.98 Å². The number of hydrogen-bond acceptors (Lipinski definition) is 2. The van der Waals surface area contributed by atoms with E-state index in [2.05, 4.69) is 4.99 Å². The summed E-state index contributed by atoms with van der Waals surface area (Å²) in [4.78, 5) is 11.2. The van der Waals surface area contributed by atoms with Crippen molar-refractivity contribution in [3.8, 4) is 0 Å². The maximum atomic E-state index is 6.73. The molecule has 5 atom stereocenters. The third kappa shape index (κ3) is 1.32. The van der Waals surface area contributed by atoms with Gasteiger partial charge in [0.1, 0.15) is 5.69 Å². The van der Waals surface area contributed by atoms with Gasteiger partial charge in [0.15, 0.2) is 0 Å². The normalized spacial score (nSPS) is 41.3. The maximum Gasteiger partial charge on any atom is 0.102 e. The third-order valence-electron chi connectivity index (χ3n) is 6.66. The van der Waals surface area contributed by atoms with Crippen LogP contribution in [0.5, 0.6) is 0 Å². The van der Waals surface area contributed by atoms with Crippen LogP contribution in [0.3, 0.4) is 0 Å². The van der Waals surface area contributed by atoms with Gasteiger partial charge >= 0.3 is 0 Å². The van der Waals surface area contributed by atoms with Crippen molar-refractivity contribution >= 4 is 23.6 Å². The van der Waals surface area contributed by atoms with E-state index in [0.717, 1.165) is 22.5 Å². The molecule has 110 valence electrons. The van der Waals surface area contributed by atoms with Crippen LogP contribution >= 0.6 is 11.6 Å². The van der Waals surface area contributed by atoms with Crippen molar-refractivity contribution in [3.05, 3.63) is 22.5 Å². The van der Waals surface area contributed by atoms with Gasteiger partial charge in [-0.2, -0.15) is 0 Å².